The molecule has 0 aromatic heterocycles. The highest BCUT2D eigenvalue weighted by Gasteiger charge is 2.32. The van der Waals surface area contributed by atoms with Crippen LogP contribution in [0.3, 0.4) is 0 Å². The van der Waals surface area contributed by atoms with Crippen molar-refractivity contribution in [3.05, 3.63) is 82.6 Å². The molecule has 0 saturated heterocycles. The van der Waals surface area contributed by atoms with Gasteiger partial charge in [-0.1, -0.05) is 54.6 Å². The molecule has 0 aliphatic heterocycles. The van der Waals surface area contributed by atoms with Crippen LogP contribution in [0.5, 0.6) is 0 Å². The fourth-order valence-corrected chi connectivity index (χ4v) is 3.02. The summed E-state index contributed by atoms with van der Waals surface area (Å²) in [5.74, 6) is -0.114. The summed E-state index contributed by atoms with van der Waals surface area (Å²) in [5, 5.41) is 0. The molecule has 0 amide bonds. The SMILES string of the molecule is CCN(Cc1ccccc1)C1=C(C)C(=O)c2ccccc2C1=O. The number of carbonyl (C=O) groups is 2. The maximum absolute atomic E-state index is 12.9. The van der Waals surface area contributed by atoms with E-state index in [9.17, 15) is 9.59 Å². The molecule has 3 nitrogen and oxygen atoms in total. The van der Waals surface area contributed by atoms with E-state index >= 15 is 0 Å². The van der Waals surface area contributed by atoms with E-state index in [1.54, 1.807) is 31.2 Å². The molecule has 0 spiro atoms. The van der Waals surface area contributed by atoms with Crippen LogP contribution in [0.25, 0.3) is 0 Å². The molecule has 116 valence electrons. The Morgan fingerprint density at radius 2 is 1.39 bits per heavy atom. The Bertz CT molecular complexity index is 790. The van der Waals surface area contributed by atoms with Crippen molar-refractivity contribution in [3.8, 4) is 0 Å². The Kier molecular flexibility index (Phi) is 4.11. The number of hydrogen-bond acceptors (Lipinski definition) is 3. The molecule has 1 aliphatic carbocycles. The highest BCUT2D eigenvalue weighted by molar-refractivity contribution is 6.26. The zero-order valence-electron chi connectivity index (χ0n) is 13.4. The van der Waals surface area contributed by atoms with E-state index < -0.39 is 0 Å². The minimum atomic E-state index is -0.0597. The first-order chi connectivity index (χ1) is 11.1. The maximum atomic E-state index is 12.9. The van der Waals surface area contributed by atoms with Crippen molar-refractivity contribution >= 4 is 11.6 Å². The minimum absolute atomic E-state index is 0.0540. The van der Waals surface area contributed by atoms with Crippen LogP contribution >= 0.6 is 0 Å². The van der Waals surface area contributed by atoms with Gasteiger partial charge in [0.15, 0.2) is 5.78 Å². The first-order valence-corrected chi connectivity index (χ1v) is 7.81. The Morgan fingerprint density at radius 1 is 0.826 bits per heavy atom. The summed E-state index contributed by atoms with van der Waals surface area (Å²) >= 11 is 0. The normalized spacial score (nSPS) is 14.0. The van der Waals surface area contributed by atoms with Crippen LogP contribution in [0, 0.1) is 0 Å². The fourth-order valence-electron chi connectivity index (χ4n) is 3.02. The van der Waals surface area contributed by atoms with Gasteiger partial charge in [-0.15, -0.1) is 0 Å². The van der Waals surface area contributed by atoms with Crippen molar-refractivity contribution in [2.45, 2.75) is 20.4 Å². The lowest BCUT2D eigenvalue weighted by molar-refractivity contribution is 0.0940. The first kappa shape index (κ1) is 15.2. The molecule has 1 aliphatic rings. The number of carbonyl (C=O) groups excluding carboxylic acids is 2. The molecule has 3 rings (SSSR count). The molecule has 23 heavy (non-hydrogen) atoms. The fraction of sp³-hybridized carbons (Fsp3) is 0.200. The number of nitrogens with zero attached hydrogens (tertiary/aromatic N) is 1. The molecule has 3 heteroatoms. The van der Waals surface area contributed by atoms with Gasteiger partial charge in [0.25, 0.3) is 0 Å². The largest absolute Gasteiger partial charge is 0.364 e. The van der Waals surface area contributed by atoms with Crippen molar-refractivity contribution in [1.82, 2.24) is 4.90 Å². The molecule has 0 bridgehead atoms. The monoisotopic (exact) mass is 305 g/mol. The van der Waals surface area contributed by atoms with Gasteiger partial charge in [0.2, 0.25) is 5.78 Å². The van der Waals surface area contributed by atoms with E-state index in [0.717, 1.165) is 5.56 Å². The van der Waals surface area contributed by atoms with Crippen LogP contribution in [-0.4, -0.2) is 23.0 Å². The van der Waals surface area contributed by atoms with Gasteiger partial charge in [-0.3, -0.25) is 9.59 Å². The summed E-state index contributed by atoms with van der Waals surface area (Å²) in [6.45, 7) is 5.04. The van der Waals surface area contributed by atoms with Gasteiger partial charge in [-0.05, 0) is 19.4 Å². The highest BCUT2D eigenvalue weighted by atomic mass is 16.1. The van der Waals surface area contributed by atoms with E-state index in [-0.39, 0.29) is 11.6 Å². The van der Waals surface area contributed by atoms with E-state index in [2.05, 4.69) is 0 Å². The van der Waals surface area contributed by atoms with Crippen LogP contribution in [0.1, 0.15) is 40.1 Å². The van der Waals surface area contributed by atoms with Crippen molar-refractivity contribution in [2.24, 2.45) is 0 Å². The number of likely N-dealkylation sites (N-methyl/N-ethyl adjacent to an activating group) is 1. The number of allylic oxidation sites excluding steroid dienone is 2. The van der Waals surface area contributed by atoms with Gasteiger partial charge in [-0.2, -0.15) is 0 Å². The van der Waals surface area contributed by atoms with E-state index in [1.165, 1.54) is 0 Å². The van der Waals surface area contributed by atoms with Gasteiger partial charge in [0.05, 0.1) is 5.70 Å². The van der Waals surface area contributed by atoms with Crippen LogP contribution in [-0.2, 0) is 6.54 Å². The van der Waals surface area contributed by atoms with Crippen molar-refractivity contribution in [2.75, 3.05) is 6.54 Å². The van der Waals surface area contributed by atoms with Crippen LogP contribution in [0.4, 0.5) is 0 Å². The van der Waals surface area contributed by atoms with Crippen LogP contribution in [0.2, 0.25) is 0 Å². The predicted octanol–water partition coefficient (Wildman–Crippen LogP) is 3.86. The van der Waals surface area contributed by atoms with Gasteiger partial charge in [-0.25, -0.2) is 0 Å². The van der Waals surface area contributed by atoms with Gasteiger partial charge >= 0.3 is 0 Å². The van der Waals surface area contributed by atoms with E-state index in [4.69, 9.17) is 0 Å². The maximum Gasteiger partial charge on any atom is 0.210 e. The first-order valence-electron chi connectivity index (χ1n) is 7.81. The van der Waals surface area contributed by atoms with Crippen molar-refractivity contribution in [1.29, 1.82) is 0 Å². The molecular formula is C20H19NO2. The third kappa shape index (κ3) is 2.70. The Morgan fingerprint density at radius 3 is 2.00 bits per heavy atom. The van der Waals surface area contributed by atoms with Crippen molar-refractivity contribution < 1.29 is 9.59 Å². The van der Waals surface area contributed by atoms with Gasteiger partial charge in [0, 0.05) is 29.8 Å². The second-order valence-corrected chi connectivity index (χ2v) is 5.68. The molecule has 0 heterocycles. The molecule has 0 fully saturated rings. The molecule has 0 N–H and O–H groups in total. The Labute approximate surface area is 136 Å². The summed E-state index contributed by atoms with van der Waals surface area (Å²) in [4.78, 5) is 27.5. The second-order valence-electron chi connectivity index (χ2n) is 5.68. The van der Waals surface area contributed by atoms with Gasteiger partial charge < -0.3 is 4.90 Å². The molecular weight excluding hydrogens is 286 g/mol. The Balaban J connectivity index is 2.01. The number of rotatable bonds is 4. The van der Waals surface area contributed by atoms with E-state index in [1.807, 2.05) is 42.2 Å². The predicted molar refractivity (Wildman–Crippen MR) is 90.3 cm³/mol. The molecule has 0 saturated carbocycles. The molecule has 2 aromatic carbocycles. The summed E-state index contributed by atoms with van der Waals surface area (Å²) in [7, 11) is 0. The number of hydrogen-bond donors (Lipinski definition) is 0. The smallest absolute Gasteiger partial charge is 0.210 e. The Hall–Kier alpha value is -2.68. The topological polar surface area (TPSA) is 37.4 Å². The number of benzene rings is 2. The third-order valence-electron chi connectivity index (χ3n) is 4.24. The zero-order valence-corrected chi connectivity index (χ0v) is 13.4. The zero-order chi connectivity index (χ0) is 16.4. The summed E-state index contributed by atoms with van der Waals surface area (Å²) in [6.07, 6.45) is 0. The average molecular weight is 305 g/mol. The molecule has 0 radical (unpaired) electrons. The molecule has 0 atom stereocenters. The third-order valence-corrected chi connectivity index (χ3v) is 4.24. The number of fused-ring (bicyclic) bond motifs is 1. The minimum Gasteiger partial charge on any atom is -0.364 e. The van der Waals surface area contributed by atoms with Gasteiger partial charge in [0.1, 0.15) is 0 Å². The summed E-state index contributed by atoms with van der Waals surface area (Å²) < 4.78 is 0. The van der Waals surface area contributed by atoms with Crippen molar-refractivity contribution in [3.63, 3.8) is 0 Å². The summed E-state index contributed by atoms with van der Waals surface area (Å²) in [6, 6.07) is 17.0. The lowest BCUT2D eigenvalue weighted by Crippen LogP contribution is -2.33. The number of ketones is 2. The quantitative estimate of drug-likeness (QED) is 0.860. The van der Waals surface area contributed by atoms with E-state index in [0.29, 0.717) is 35.5 Å². The lowest BCUT2D eigenvalue weighted by Gasteiger charge is -2.30. The number of Topliss-reactive ketones (excluding diaryl/α,β-unsaturated/α-hetero) is 2. The highest BCUT2D eigenvalue weighted by Crippen LogP contribution is 2.28. The van der Waals surface area contributed by atoms with Crippen LogP contribution in [0.15, 0.2) is 65.9 Å². The average Bonchev–Trinajstić information content (AvgIpc) is 2.60. The second kappa shape index (κ2) is 6.21. The standard InChI is InChI=1S/C20H19NO2/c1-3-21(13-15-9-5-4-6-10-15)18-14(2)19(22)16-11-7-8-12-17(16)20(18)23/h4-12H,3,13H2,1-2H3. The molecule has 0 unspecified atom stereocenters. The summed E-state index contributed by atoms with van der Waals surface area (Å²) in [5.41, 5.74) is 3.19. The molecule has 2 aromatic rings. The van der Waals surface area contributed by atoms with Crippen LogP contribution < -0.4 is 0 Å². The lowest BCUT2D eigenvalue weighted by atomic mass is 9.87.